The van der Waals surface area contributed by atoms with E-state index in [1.54, 1.807) is 6.20 Å². The molecule has 2 fully saturated rings. The zero-order valence-corrected chi connectivity index (χ0v) is 15.8. The fraction of sp³-hybridized carbons (Fsp3) is 0.474. The predicted molar refractivity (Wildman–Crippen MR) is 102 cm³/mol. The highest BCUT2D eigenvalue weighted by Gasteiger charge is 2.40. The van der Waals surface area contributed by atoms with E-state index in [1.165, 1.54) is 0 Å². The van der Waals surface area contributed by atoms with Crippen molar-refractivity contribution in [2.24, 2.45) is 0 Å². The van der Waals surface area contributed by atoms with E-state index in [0.29, 0.717) is 24.2 Å². The number of halogens is 1. The molecular formula is C19H23ClN4O2. The van der Waals surface area contributed by atoms with Crippen LogP contribution in [0.2, 0.25) is 5.02 Å². The normalized spacial score (nSPS) is 19.1. The predicted octanol–water partition coefficient (Wildman–Crippen LogP) is 3.83. The average Bonchev–Trinajstić information content (AvgIpc) is 3.07. The van der Waals surface area contributed by atoms with Crippen LogP contribution in [0.1, 0.15) is 24.0 Å². The molecule has 3 heterocycles. The quantitative estimate of drug-likeness (QED) is 0.881. The maximum absolute atomic E-state index is 6.39. The van der Waals surface area contributed by atoms with Gasteiger partial charge in [-0.3, -0.25) is 0 Å². The highest BCUT2D eigenvalue weighted by atomic mass is 35.5. The van der Waals surface area contributed by atoms with Crippen LogP contribution in [-0.4, -0.2) is 42.1 Å². The molecule has 4 rings (SSSR count). The van der Waals surface area contributed by atoms with E-state index >= 15 is 0 Å². The van der Waals surface area contributed by atoms with Gasteiger partial charge in [0.2, 0.25) is 5.95 Å². The van der Waals surface area contributed by atoms with Gasteiger partial charge in [-0.15, -0.1) is 0 Å². The lowest BCUT2D eigenvalue weighted by molar-refractivity contribution is -0.169. The number of nitrogens with zero attached hydrogens (tertiary/aromatic N) is 3. The van der Waals surface area contributed by atoms with Gasteiger partial charge < -0.3 is 19.7 Å². The Hall–Kier alpha value is -1.89. The minimum atomic E-state index is -0.378. The van der Waals surface area contributed by atoms with Crippen molar-refractivity contribution in [1.29, 1.82) is 0 Å². The molecule has 1 aromatic carbocycles. The summed E-state index contributed by atoms with van der Waals surface area (Å²) in [5.74, 6) is 1.07. The number of aryl methyl sites for hydroxylation is 2. The molecule has 0 atom stereocenters. The van der Waals surface area contributed by atoms with Crippen molar-refractivity contribution in [3.05, 3.63) is 40.5 Å². The summed E-state index contributed by atoms with van der Waals surface area (Å²) in [4.78, 5) is 11.3. The first-order valence-electron chi connectivity index (χ1n) is 8.94. The zero-order chi connectivity index (χ0) is 18.1. The van der Waals surface area contributed by atoms with Gasteiger partial charge in [-0.2, -0.15) is 4.98 Å². The minimum absolute atomic E-state index is 0.378. The third-order valence-corrected chi connectivity index (χ3v) is 5.27. The monoisotopic (exact) mass is 374 g/mol. The average molecular weight is 375 g/mol. The van der Waals surface area contributed by atoms with Crippen molar-refractivity contribution in [3.63, 3.8) is 0 Å². The Bertz CT molecular complexity index is 775. The fourth-order valence-electron chi connectivity index (χ4n) is 3.63. The Kier molecular flexibility index (Phi) is 4.73. The largest absolute Gasteiger partial charge is 0.356 e. The van der Waals surface area contributed by atoms with Crippen molar-refractivity contribution in [3.8, 4) is 0 Å². The van der Waals surface area contributed by atoms with Crippen LogP contribution >= 0.6 is 11.6 Å². The Morgan fingerprint density at radius 2 is 1.88 bits per heavy atom. The maximum atomic E-state index is 6.39. The summed E-state index contributed by atoms with van der Waals surface area (Å²) in [5, 5.41) is 3.94. The molecule has 2 aromatic rings. The number of anilines is 3. The van der Waals surface area contributed by atoms with E-state index in [9.17, 15) is 0 Å². The number of hydrogen-bond donors (Lipinski definition) is 1. The van der Waals surface area contributed by atoms with E-state index in [2.05, 4.69) is 26.3 Å². The van der Waals surface area contributed by atoms with Crippen LogP contribution in [0.4, 0.5) is 17.5 Å². The number of aromatic nitrogens is 2. The Balaban J connectivity index is 1.49. The van der Waals surface area contributed by atoms with Gasteiger partial charge in [0.05, 0.1) is 23.9 Å². The Morgan fingerprint density at radius 3 is 2.58 bits per heavy atom. The second-order valence-electron chi connectivity index (χ2n) is 6.90. The number of hydrogen-bond acceptors (Lipinski definition) is 6. The molecule has 2 aliphatic heterocycles. The number of rotatable bonds is 3. The summed E-state index contributed by atoms with van der Waals surface area (Å²) in [5.41, 5.74) is 3.05. The van der Waals surface area contributed by atoms with Crippen LogP contribution in [0, 0.1) is 13.8 Å². The lowest BCUT2D eigenvalue weighted by Crippen LogP contribution is -2.45. The molecule has 0 saturated carbocycles. The second kappa shape index (κ2) is 7.02. The molecule has 1 aromatic heterocycles. The van der Waals surface area contributed by atoms with Crippen molar-refractivity contribution in [2.75, 3.05) is 36.5 Å². The third-order valence-electron chi connectivity index (χ3n) is 4.97. The standard InChI is InChI=1S/C19H23ClN4O2/c1-13-11-14(2)17(15(20)12-13)23-18-21-6-3-16(22-18)24-7-4-19(5-8-24)25-9-10-26-19/h3,6,11-12H,4-5,7-10H2,1-2H3,(H,21,22,23). The van der Waals surface area contributed by atoms with Crippen LogP contribution in [0.3, 0.4) is 0 Å². The summed E-state index contributed by atoms with van der Waals surface area (Å²) in [6, 6.07) is 5.96. The van der Waals surface area contributed by atoms with Crippen molar-refractivity contribution < 1.29 is 9.47 Å². The highest BCUT2D eigenvalue weighted by molar-refractivity contribution is 6.33. The molecule has 6 nitrogen and oxygen atoms in total. The summed E-state index contributed by atoms with van der Waals surface area (Å²) in [6.07, 6.45) is 3.47. The molecule has 0 bridgehead atoms. The zero-order valence-electron chi connectivity index (χ0n) is 15.1. The van der Waals surface area contributed by atoms with Crippen LogP contribution < -0.4 is 10.2 Å². The first-order chi connectivity index (χ1) is 12.5. The smallest absolute Gasteiger partial charge is 0.229 e. The summed E-state index contributed by atoms with van der Waals surface area (Å²) in [7, 11) is 0. The number of ether oxygens (including phenoxy) is 2. The van der Waals surface area contributed by atoms with Crippen molar-refractivity contribution in [1.82, 2.24) is 9.97 Å². The van der Waals surface area contributed by atoms with Gasteiger partial charge in [-0.25, -0.2) is 4.98 Å². The van der Waals surface area contributed by atoms with Gasteiger partial charge >= 0.3 is 0 Å². The van der Waals surface area contributed by atoms with E-state index < -0.39 is 0 Å². The molecule has 1 N–H and O–H groups in total. The first-order valence-corrected chi connectivity index (χ1v) is 9.32. The molecule has 138 valence electrons. The molecule has 7 heteroatoms. The van der Waals surface area contributed by atoms with Crippen LogP contribution in [0.25, 0.3) is 0 Å². The SMILES string of the molecule is Cc1cc(C)c(Nc2nccc(N3CCC4(CC3)OCCO4)n2)c(Cl)c1. The third kappa shape index (κ3) is 3.49. The molecular weight excluding hydrogens is 352 g/mol. The summed E-state index contributed by atoms with van der Waals surface area (Å²) < 4.78 is 11.6. The summed E-state index contributed by atoms with van der Waals surface area (Å²) in [6.45, 7) is 7.13. The maximum Gasteiger partial charge on any atom is 0.229 e. The molecule has 0 amide bonds. The lowest BCUT2D eigenvalue weighted by atomic mass is 10.0. The molecule has 0 radical (unpaired) electrons. The van der Waals surface area contributed by atoms with E-state index in [0.717, 1.165) is 48.6 Å². The van der Waals surface area contributed by atoms with E-state index in [-0.39, 0.29) is 5.79 Å². The van der Waals surface area contributed by atoms with E-state index in [4.69, 9.17) is 21.1 Å². The topological polar surface area (TPSA) is 59.5 Å². The molecule has 1 spiro atoms. The van der Waals surface area contributed by atoms with Gasteiger partial charge in [0, 0.05) is 32.1 Å². The number of piperidine rings is 1. The van der Waals surface area contributed by atoms with Crippen molar-refractivity contribution in [2.45, 2.75) is 32.5 Å². The van der Waals surface area contributed by atoms with Gasteiger partial charge in [-0.1, -0.05) is 17.7 Å². The van der Waals surface area contributed by atoms with Crippen LogP contribution in [-0.2, 0) is 9.47 Å². The van der Waals surface area contributed by atoms with Crippen LogP contribution in [0.15, 0.2) is 24.4 Å². The second-order valence-corrected chi connectivity index (χ2v) is 7.30. The molecule has 2 aliphatic rings. The van der Waals surface area contributed by atoms with E-state index in [1.807, 2.05) is 26.0 Å². The molecule has 0 unspecified atom stereocenters. The van der Waals surface area contributed by atoms with Gasteiger partial charge in [0.25, 0.3) is 0 Å². The lowest BCUT2D eigenvalue weighted by Gasteiger charge is -2.38. The van der Waals surface area contributed by atoms with Gasteiger partial charge in [0.1, 0.15) is 5.82 Å². The number of nitrogens with one attached hydrogen (secondary N) is 1. The molecule has 2 saturated heterocycles. The summed E-state index contributed by atoms with van der Waals surface area (Å²) >= 11 is 6.39. The Labute approximate surface area is 158 Å². The molecule has 0 aliphatic carbocycles. The molecule has 26 heavy (non-hydrogen) atoms. The highest BCUT2D eigenvalue weighted by Crippen LogP contribution is 2.33. The van der Waals surface area contributed by atoms with Crippen LogP contribution in [0.5, 0.6) is 0 Å². The van der Waals surface area contributed by atoms with Gasteiger partial charge in [-0.05, 0) is 37.1 Å². The minimum Gasteiger partial charge on any atom is -0.356 e. The Morgan fingerprint density at radius 1 is 1.15 bits per heavy atom. The fourth-order valence-corrected chi connectivity index (χ4v) is 4.00. The van der Waals surface area contributed by atoms with Crippen molar-refractivity contribution >= 4 is 29.1 Å². The van der Waals surface area contributed by atoms with Gasteiger partial charge in [0.15, 0.2) is 5.79 Å². The first kappa shape index (κ1) is 17.5. The number of benzene rings is 1.